The van der Waals surface area contributed by atoms with Gasteiger partial charge in [-0.05, 0) is 76.1 Å². The van der Waals surface area contributed by atoms with Gasteiger partial charge in [-0.15, -0.1) is 0 Å². The number of aliphatic imine (C=N–C) groups is 1. The van der Waals surface area contributed by atoms with Gasteiger partial charge in [-0.3, -0.25) is 0 Å². The summed E-state index contributed by atoms with van der Waals surface area (Å²) in [5.74, 6) is 0.287. The minimum atomic E-state index is 0.287. The maximum absolute atomic E-state index is 5.15. The number of benzene rings is 3. The zero-order valence-electron chi connectivity index (χ0n) is 22.9. The van der Waals surface area contributed by atoms with Crippen LogP contribution in [0.1, 0.15) is 37.7 Å². The number of rotatable bonds is 5. The molecule has 0 aliphatic heterocycles. The van der Waals surface area contributed by atoms with Crippen LogP contribution in [-0.2, 0) is 19.5 Å². The van der Waals surface area contributed by atoms with Crippen molar-refractivity contribution in [3.05, 3.63) is 89.8 Å². The maximum Gasteiger partial charge on any atom is 0.139 e. The molecule has 0 saturated heterocycles. The summed E-state index contributed by atoms with van der Waals surface area (Å²) in [6, 6.07) is 24.2. The highest BCUT2D eigenvalue weighted by Crippen LogP contribution is 2.39. The Hall–Kier alpha value is -3.96. The van der Waals surface area contributed by atoms with E-state index in [0.717, 1.165) is 46.5 Å². The number of hydrogen-bond acceptors (Lipinski definition) is 3. The number of nitrogens with zero attached hydrogens (tertiary/aromatic N) is 4. The molecule has 1 aliphatic carbocycles. The summed E-state index contributed by atoms with van der Waals surface area (Å²) in [7, 11) is 0. The molecule has 0 saturated carbocycles. The SMILES string of the molecule is CCn1c2c(c3ccccc31)CC(C(C)=Nc1sc(-c3ccc4c(c3)c3ccccc3n4CC)nc1C)C=C2. The summed E-state index contributed by atoms with van der Waals surface area (Å²) in [5, 5.41) is 5.99. The van der Waals surface area contributed by atoms with E-state index in [1.54, 1.807) is 11.3 Å². The van der Waals surface area contributed by atoms with Crippen LogP contribution in [0.5, 0.6) is 0 Å². The normalized spacial score (nSPS) is 15.6. The van der Waals surface area contributed by atoms with Crippen LogP contribution in [-0.4, -0.2) is 19.8 Å². The van der Waals surface area contributed by atoms with E-state index in [9.17, 15) is 0 Å². The minimum Gasteiger partial charge on any atom is -0.341 e. The molecule has 0 N–H and O–H groups in total. The highest BCUT2D eigenvalue weighted by molar-refractivity contribution is 7.18. The standard InChI is InChI=1S/C34H32N4S/c1-5-37-29-13-9-7-11-25(29)27-19-23(15-17-31(27)37)21(3)35-33-22(4)36-34(39-33)24-16-18-32-28(20-24)26-12-8-10-14-30(26)38(32)6-2/h7-18,20,23H,5-6,19H2,1-4H3. The van der Waals surface area contributed by atoms with Crippen molar-refractivity contribution in [1.29, 1.82) is 0 Å². The van der Waals surface area contributed by atoms with Gasteiger partial charge in [0.05, 0.1) is 5.69 Å². The maximum atomic E-state index is 5.15. The second-order valence-corrected chi connectivity index (χ2v) is 11.4. The average molecular weight is 529 g/mol. The molecule has 39 heavy (non-hydrogen) atoms. The second kappa shape index (κ2) is 9.35. The third-order valence-corrected chi connectivity index (χ3v) is 9.37. The lowest BCUT2D eigenvalue weighted by atomic mass is 9.89. The van der Waals surface area contributed by atoms with E-state index in [1.807, 2.05) is 0 Å². The van der Waals surface area contributed by atoms with Crippen molar-refractivity contribution in [2.24, 2.45) is 10.9 Å². The van der Waals surface area contributed by atoms with Crippen molar-refractivity contribution >= 4 is 60.8 Å². The lowest BCUT2D eigenvalue weighted by molar-refractivity contribution is 0.762. The zero-order chi connectivity index (χ0) is 26.7. The van der Waals surface area contributed by atoms with Crippen LogP contribution in [0.25, 0.3) is 49.4 Å². The summed E-state index contributed by atoms with van der Waals surface area (Å²) in [5.41, 5.74) is 9.97. The van der Waals surface area contributed by atoms with Gasteiger partial charge in [0, 0.05) is 68.7 Å². The molecule has 4 nitrogen and oxygen atoms in total. The first-order chi connectivity index (χ1) is 19.1. The van der Waals surface area contributed by atoms with Crippen LogP contribution >= 0.6 is 11.3 Å². The van der Waals surface area contributed by atoms with E-state index < -0.39 is 0 Å². The Balaban J connectivity index is 1.23. The molecule has 0 amide bonds. The lowest BCUT2D eigenvalue weighted by Crippen LogP contribution is -2.15. The predicted octanol–water partition coefficient (Wildman–Crippen LogP) is 9.20. The van der Waals surface area contributed by atoms with Gasteiger partial charge in [-0.2, -0.15) is 0 Å². The number of para-hydroxylation sites is 2. The van der Waals surface area contributed by atoms with Crippen LogP contribution < -0.4 is 0 Å². The first kappa shape index (κ1) is 24.1. The second-order valence-electron chi connectivity index (χ2n) is 10.5. The largest absolute Gasteiger partial charge is 0.341 e. The van der Waals surface area contributed by atoms with Crippen LogP contribution in [0.4, 0.5) is 5.00 Å². The molecule has 6 aromatic rings. The van der Waals surface area contributed by atoms with Gasteiger partial charge in [0.25, 0.3) is 0 Å². The lowest BCUT2D eigenvalue weighted by Gasteiger charge is -2.18. The predicted molar refractivity (Wildman–Crippen MR) is 168 cm³/mol. The fourth-order valence-electron chi connectivity index (χ4n) is 6.31. The molecule has 0 bridgehead atoms. The summed E-state index contributed by atoms with van der Waals surface area (Å²) in [6.07, 6.45) is 5.62. The molecule has 3 aromatic carbocycles. The first-order valence-electron chi connectivity index (χ1n) is 13.9. The molecular weight excluding hydrogens is 496 g/mol. The molecule has 5 heteroatoms. The number of allylic oxidation sites excluding steroid dienone is 1. The van der Waals surface area contributed by atoms with Crippen molar-refractivity contribution in [2.75, 3.05) is 0 Å². The molecule has 1 aliphatic rings. The van der Waals surface area contributed by atoms with E-state index in [1.165, 1.54) is 44.0 Å². The molecular formula is C34H32N4S. The molecule has 1 unspecified atom stereocenters. The van der Waals surface area contributed by atoms with Crippen molar-refractivity contribution in [3.63, 3.8) is 0 Å². The van der Waals surface area contributed by atoms with E-state index in [-0.39, 0.29) is 5.92 Å². The molecule has 194 valence electrons. The van der Waals surface area contributed by atoms with Gasteiger partial charge >= 0.3 is 0 Å². The first-order valence-corrected chi connectivity index (χ1v) is 14.7. The van der Waals surface area contributed by atoms with E-state index in [2.05, 4.69) is 116 Å². The van der Waals surface area contributed by atoms with Gasteiger partial charge < -0.3 is 9.13 Å². The molecule has 1 atom stereocenters. The van der Waals surface area contributed by atoms with Gasteiger partial charge in [0.2, 0.25) is 0 Å². The third-order valence-electron chi connectivity index (χ3n) is 8.27. The van der Waals surface area contributed by atoms with E-state index in [4.69, 9.17) is 9.98 Å². The molecule has 3 heterocycles. The Morgan fingerprint density at radius 2 is 1.59 bits per heavy atom. The Labute approximate surface area is 233 Å². The Morgan fingerprint density at radius 1 is 0.897 bits per heavy atom. The van der Waals surface area contributed by atoms with Crippen molar-refractivity contribution < 1.29 is 0 Å². The average Bonchev–Trinajstić information content (AvgIpc) is 3.61. The molecule has 3 aromatic heterocycles. The van der Waals surface area contributed by atoms with Crippen molar-refractivity contribution in [1.82, 2.24) is 14.1 Å². The van der Waals surface area contributed by atoms with Crippen LogP contribution in [0.2, 0.25) is 0 Å². The molecule has 0 spiro atoms. The number of fused-ring (bicyclic) bond motifs is 6. The molecule has 7 rings (SSSR count). The van der Waals surface area contributed by atoms with Gasteiger partial charge in [-0.25, -0.2) is 9.98 Å². The van der Waals surface area contributed by atoms with E-state index >= 15 is 0 Å². The fourth-order valence-corrected chi connectivity index (χ4v) is 7.30. The minimum absolute atomic E-state index is 0.287. The topological polar surface area (TPSA) is 35.1 Å². The van der Waals surface area contributed by atoms with Gasteiger partial charge in [0.1, 0.15) is 10.0 Å². The monoisotopic (exact) mass is 528 g/mol. The van der Waals surface area contributed by atoms with Crippen molar-refractivity contribution in [2.45, 2.75) is 47.2 Å². The highest BCUT2D eigenvalue weighted by atomic mass is 32.1. The molecule has 0 radical (unpaired) electrons. The number of aryl methyl sites for hydroxylation is 3. The quantitative estimate of drug-likeness (QED) is 0.205. The summed E-state index contributed by atoms with van der Waals surface area (Å²) in [4.78, 5) is 10.1. The summed E-state index contributed by atoms with van der Waals surface area (Å²) < 4.78 is 4.82. The highest BCUT2D eigenvalue weighted by Gasteiger charge is 2.23. The van der Waals surface area contributed by atoms with Gasteiger partial charge in [0.15, 0.2) is 0 Å². The summed E-state index contributed by atoms with van der Waals surface area (Å²) in [6.45, 7) is 10.6. The third kappa shape index (κ3) is 3.79. The zero-order valence-corrected chi connectivity index (χ0v) is 23.7. The Bertz CT molecular complexity index is 1940. The molecule has 0 fully saturated rings. The van der Waals surface area contributed by atoms with Crippen LogP contribution in [0.3, 0.4) is 0 Å². The number of hydrogen-bond donors (Lipinski definition) is 0. The Kier molecular flexibility index (Phi) is 5.78. The smallest absolute Gasteiger partial charge is 0.139 e. The van der Waals surface area contributed by atoms with Crippen LogP contribution in [0, 0.1) is 12.8 Å². The fraction of sp³-hybridized carbons (Fsp3) is 0.235. The number of aromatic nitrogens is 3. The van der Waals surface area contributed by atoms with Crippen LogP contribution in [0.15, 0.2) is 77.8 Å². The van der Waals surface area contributed by atoms with Crippen molar-refractivity contribution in [3.8, 4) is 10.6 Å². The summed E-state index contributed by atoms with van der Waals surface area (Å²) >= 11 is 1.69. The number of thiazole rings is 1. The Morgan fingerprint density at radius 3 is 2.36 bits per heavy atom. The van der Waals surface area contributed by atoms with Gasteiger partial charge in [-0.1, -0.05) is 53.8 Å². The van der Waals surface area contributed by atoms with E-state index in [0.29, 0.717) is 0 Å².